The van der Waals surface area contributed by atoms with Crippen molar-refractivity contribution in [2.45, 2.75) is 187 Å². The van der Waals surface area contributed by atoms with E-state index < -0.39 is 20.0 Å². The number of carbonyl (C=O) groups excluding carboxylic acids is 1. The third-order valence-electron chi connectivity index (χ3n) is 8.76. The van der Waals surface area contributed by atoms with Gasteiger partial charge in [0.05, 0.1) is 39.9 Å². The van der Waals surface area contributed by atoms with Crippen LogP contribution in [0.1, 0.15) is 174 Å². The average molecular weight is 690 g/mol. The Morgan fingerprint density at radius 2 is 1.13 bits per heavy atom. The van der Waals surface area contributed by atoms with Crippen LogP contribution in [0.15, 0.2) is 12.2 Å². The summed E-state index contributed by atoms with van der Waals surface area (Å²) in [5.41, 5.74) is 0. The largest absolute Gasteiger partial charge is 0.472 e. The third kappa shape index (κ3) is 33.5. The molecule has 0 aromatic rings. The Balaban J connectivity index is 4.38. The highest BCUT2D eigenvalue weighted by Gasteiger charge is 2.27. The number of amides is 1. The van der Waals surface area contributed by atoms with Gasteiger partial charge >= 0.3 is 7.82 Å². The van der Waals surface area contributed by atoms with Gasteiger partial charge in [0.15, 0.2) is 0 Å². The molecule has 0 aliphatic heterocycles. The molecule has 280 valence electrons. The molecule has 0 aromatic carbocycles. The van der Waals surface area contributed by atoms with Gasteiger partial charge in [0.25, 0.3) is 0 Å². The van der Waals surface area contributed by atoms with E-state index in [0.717, 1.165) is 32.1 Å². The molecule has 0 fully saturated rings. The van der Waals surface area contributed by atoms with E-state index in [1.54, 1.807) is 6.08 Å². The maximum Gasteiger partial charge on any atom is 0.472 e. The number of phosphoric acid groups is 1. The zero-order chi connectivity index (χ0) is 35.1. The molecule has 0 aromatic heterocycles. The van der Waals surface area contributed by atoms with E-state index in [9.17, 15) is 19.4 Å². The van der Waals surface area contributed by atoms with Crippen molar-refractivity contribution in [3.8, 4) is 0 Å². The van der Waals surface area contributed by atoms with E-state index >= 15 is 0 Å². The summed E-state index contributed by atoms with van der Waals surface area (Å²) in [6, 6.07) is -0.837. The molecular weight excluding hydrogens is 611 g/mol. The quantitative estimate of drug-likeness (QED) is 0.0265. The van der Waals surface area contributed by atoms with Crippen LogP contribution in [0.2, 0.25) is 0 Å². The Labute approximate surface area is 291 Å². The highest BCUT2D eigenvalue weighted by atomic mass is 31.2. The molecule has 0 bridgehead atoms. The van der Waals surface area contributed by atoms with Gasteiger partial charge < -0.3 is 19.8 Å². The van der Waals surface area contributed by atoms with Gasteiger partial charge in [0.1, 0.15) is 13.2 Å². The second kappa shape index (κ2) is 31.2. The Morgan fingerprint density at radius 1 is 0.702 bits per heavy atom. The molecule has 0 saturated carbocycles. The molecule has 0 spiro atoms. The van der Waals surface area contributed by atoms with Crippen molar-refractivity contribution < 1.29 is 32.9 Å². The van der Waals surface area contributed by atoms with Crippen molar-refractivity contribution in [3.05, 3.63) is 12.2 Å². The number of quaternary nitrogens is 1. The molecule has 3 N–H and O–H groups in total. The Kier molecular flexibility index (Phi) is 30.7. The predicted octanol–water partition coefficient (Wildman–Crippen LogP) is 10.0. The minimum Gasteiger partial charge on any atom is -0.387 e. The number of aliphatic hydroxyl groups is 1. The van der Waals surface area contributed by atoms with Gasteiger partial charge in [-0.2, -0.15) is 0 Å². The third-order valence-corrected chi connectivity index (χ3v) is 9.74. The van der Waals surface area contributed by atoms with Crippen LogP contribution >= 0.6 is 7.82 Å². The van der Waals surface area contributed by atoms with Crippen LogP contribution in [0.5, 0.6) is 0 Å². The molecule has 0 aliphatic rings. The lowest BCUT2D eigenvalue weighted by atomic mass is 10.0. The van der Waals surface area contributed by atoms with Crippen LogP contribution in [0.3, 0.4) is 0 Å². The summed E-state index contributed by atoms with van der Waals surface area (Å²) >= 11 is 0. The van der Waals surface area contributed by atoms with Crippen LogP contribution in [0, 0.1) is 0 Å². The molecule has 0 heterocycles. The van der Waals surface area contributed by atoms with Gasteiger partial charge in [0.2, 0.25) is 5.91 Å². The highest BCUT2D eigenvalue weighted by molar-refractivity contribution is 7.47. The first-order valence-corrected chi connectivity index (χ1v) is 21.1. The number of hydrogen-bond acceptors (Lipinski definition) is 5. The van der Waals surface area contributed by atoms with Crippen LogP contribution in [0.4, 0.5) is 0 Å². The highest BCUT2D eigenvalue weighted by Crippen LogP contribution is 2.43. The Hall–Kier alpha value is -0.760. The summed E-state index contributed by atoms with van der Waals surface area (Å²) in [6.45, 7) is 4.76. The first-order valence-electron chi connectivity index (χ1n) is 19.6. The minimum atomic E-state index is -4.32. The minimum absolute atomic E-state index is 0.0638. The zero-order valence-electron chi connectivity index (χ0n) is 31.5. The smallest absolute Gasteiger partial charge is 0.387 e. The molecule has 0 aliphatic carbocycles. The van der Waals surface area contributed by atoms with E-state index in [0.29, 0.717) is 17.4 Å². The van der Waals surface area contributed by atoms with Crippen molar-refractivity contribution in [2.24, 2.45) is 0 Å². The normalized spacial score (nSPS) is 14.8. The predicted molar refractivity (Wildman–Crippen MR) is 198 cm³/mol. The van der Waals surface area contributed by atoms with Crippen LogP contribution in [-0.4, -0.2) is 73.4 Å². The van der Waals surface area contributed by atoms with Gasteiger partial charge in [-0.15, -0.1) is 0 Å². The van der Waals surface area contributed by atoms with E-state index in [4.69, 9.17) is 9.05 Å². The van der Waals surface area contributed by atoms with Crippen LogP contribution < -0.4 is 5.32 Å². The van der Waals surface area contributed by atoms with E-state index in [1.807, 2.05) is 27.2 Å². The molecule has 0 radical (unpaired) electrons. The topological polar surface area (TPSA) is 105 Å². The number of carbonyl (C=O) groups is 1. The summed E-state index contributed by atoms with van der Waals surface area (Å²) < 4.78 is 23.4. The number of hydrogen-bond donors (Lipinski definition) is 3. The van der Waals surface area contributed by atoms with E-state index in [-0.39, 0.29) is 19.1 Å². The molecule has 1 amide bonds. The molecule has 3 atom stereocenters. The number of nitrogens with one attached hydrogen (secondary N) is 1. The Morgan fingerprint density at radius 3 is 1.57 bits per heavy atom. The number of rotatable bonds is 35. The van der Waals surface area contributed by atoms with Gasteiger partial charge in [-0.25, -0.2) is 4.57 Å². The number of nitrogens with zero attached hydrogens (tertiary/aromatic N) is 1. The van der Waals surface area contributed by atoms with E-state index in [1.165, 1.54) is 122 Å². The SMILES string of the molecule is CCCCCCCCCCCCCCCCCC/C=C/C(O)C(COP(=O)(O)OCC[N+](C)(C)C)NC(=O)CCCCCCCCC. The standard InChI is InChI=1S/C38H77N2O6P/c1-6-8-10-12-14-15-16-17-18-19-20-21-22-23-24-26-27-29-31-37(41)36(35-46-47(43,44)45-34-33-40(3,4)5)39-38(42)32-30-28-25-13-11-9-7-2/h29,31,36-37,41H,6-28,30,32-35H2,1-5H3,(H-,39,42,43,44)/p+1/b31-29+. The molecule has 9 heteroatoms. The average Bonchev–Trinajstić information content (AvgIpc) is 3.01. The number of unbranched alkanes of at least 4 members (excludes halogenated alkanes) is 22. The summed E-state index contributed by atoms with van der Waals surface area (Å²) in [7, 11) is 1.57. The summed E-state index contributed by atoms with van der Waals surface area (Å²) in [6.07, 6.45) is 32.9. The van der Waals surface area contributed by atoms with Gasteiger partial charge in [-0.3, -0.25) is 13.8 Å². The lowest BCUT2D eigenvalue weighted by Gasteiger charge is -2.25. The number of allylic oxidation sites excluding steroid dienone is 1. The van der Waals surface area contributed by atoms with Crippen molar-refractivity contribution in [1.29, 1.82) is 0 Å². The maximum atomic E-state index is 12.7. The second-order valence-corrected chi connectivity index (χ2v) is 16.1. The molecule has 3 unspecified atom stereocenters. The van der Waals surface area contributed by atoms with E-state index in [2.05, 4.69) is 19.2 Å². The number of aliphatic hydroxyl groups excluding tert-OH is 1. The molecular formula is C38H78N2O6P+. The molecule has 47 heavy (non-hydrogen) atoms. The monoisotopic (exact) mass is 690 g/mol. The first-order chi connectivity index (χ1) is 22.5. The maximum absolute atomic E-state index is 12.7. The molecule has 0 rings (SSSR count). The van der Waals surface area contributed by atoms with Crippen molar-refractivity contribution >= 4 is 13.7 Å². The summed E-state index contributed by atoms with van der Waals surface area (Å²) in [5, 5.41) is 13.7. The molecule has 8 nitrogen and oxygen atoms in total. The zero-order valence-corrected chi connectivity index (χ0v) is 32.4. The fourth-order valence-electron chi connectivity index (χ4n) is 5.57. The first kappa shape index (κ1) is 46.2. The lowest BCUT2D eigenvalue weighted by Crippen LogP contribution is -2.45. The lowest BCUT2D eigenvalue weighted by molar-refractivity contribution is -0.870. The van der Waals surface area contributed by atoms with Crippen molar-refractivity contribution in [3.63, 3.8) is 0 Å². The number of likely N-dealkylation sites (N-methyl/N-ethyl adjacent to an activating group) is 1. The van der Waals surface area contributed by atoms with Crippen molar-refractivity contribution in [1.82, 2.24) is 5.32 Å². The fourth-order valence-corrected chi connectivity index (χ4v) is 6.31. The Bertz CT molecular complexity index is 789. The van der Waals surface area contributed by atoms with Gasteiger partial charge in [-0.05, 0) is 19.3 Å². The summed E-state index contributed by atoms with van der Waals surface area (Å²) in [4.78, 5) is 22.8. The molecule has 0 saturated heterocycles. The summed E-state index contributed by atoms with van der Waals surface area (Å²) in [5.74, 6) is -0.184. The fraction of sp³-hybridized carbons (Fsp3) is 0.921. The van der Waals surface area contributed by atoms with Gasteiger partial charge in [-0.1, -0.05) is 161 Å². The second-order valence-electron chi connectivity index (χ2n) is 14.7. The van der Waals surface area contributed by atoms with Crippen LogP contribution in [-0.2, 0) is 18.4 Å². The number of phosphoric ester groups is 1. The van der Waals surface area contributed by atoms with Gasteiger partial charge in [0, 0.05) is 6.42 Å². The van der Waals surface area contributed by atoms with Crippen LogP contribution in [0.25, 0.3) is 0 Å². The van der Waals surface area contributed by atoms with Crippen molar-refractivity contribution in [2.75, 3.05) is 40.9 Å².